The number of fused-ring (bicyclic) bond motifs is 1. The third kappa shape index (κ3) is 7.77. The Hall–Kier alpha value is -1.93. The Morgan fingerprint density at radius 1 is 1.03 bits per heavy atom. The average molecular weight is 517 g/mol. The van der Waals surface area contributed by atoms with Gasteiger partial charge in [0.05, 0.1) is 11.5 Å². The number of nitrogens with one attached hydrogen (secondary N) is 1. The minimum absolute atomic E-state index is 0.188. The van der Waals surface area contributed by atoms with Gasteiger partial charge in [0.15, 0.2) is 8.32 Å². The van der Waals surface area contributed by atoms with Crippen LogP contribution in [0.4, 0.5) is 5.69 Å². The molecule has 0 atom stereocenters. The summed E-state index contributed by atoms with van der Waals surface area (Å²) >= 11 is 0. The van der Waals surface area contributed by atoms with E-state index >= 15 is 0 Å². The van der Waals surface area contributed by atoms with Gasteiger partial charge in [-0.15, -0.1) is 0 Å². The highest BCUT2D eigenvalue weighted by atomic mass is 32.2. The molecule has 0 bridgehead atoms. The lowest BCUT2D eigenvalue weighted by atomic mass is 10.1. The summed E-state index contributed by atoms with van der Waals surface area (Å²) in [7, 11) is -3.72. The van der Waals surface area contributed by atoms with E-state index in [1.807, 2.05) is 44.2 Å². The van der Waals surface area contributed by atoms with Crippen molar-refractivity contribution in [2.24, 2.45) is 0 Å². The van der Waals surface area contributed by atoms with Crippen LogP contribution in [0.1, 0.15) is 48.0 Å². The smallest absolute Gasteiger partial charge is 0.243 e. The first-order valence-corrected chi connectivity index (χ1v) is 16.7. The molecule has 0 saturated carbocycles. The summed E-state index contributed by atoms with van der Waals surface area (Å²) in [5.41, 5.74) is 3.29. The van der Waals surface area contributed by atoms with E-state index in [0.717, 1.165) is 16.5 Å². The zero-order valence-corrected chi connectivity index (χ0v) is 24.8. The van der Waals surface area contributed by atoms with Crippen molar-refractivity contribution in [3.05, 3.63) is 59.7 Å². The molecular weight excluding hydrogens is 472 g/mol. The monoisotopic (exact) mass is 516 g/mol. The molecule has 0 spiro atoms. The summed E-state index contributed by atoms with van der Waals surface area (Å²) in [6, 6.07) is 11.3. The second-order valence-electron chi connectivity index (χ2n) is 11.0. The van der Waals surface area contributed by atoms with Gasteiger partial charge in [-0.25, -0.2) is 12.7 Å². The predicted molar refractivity (Wildman–Crippen MR) is 153 cm³/mol. The molecule has 35 heavy (non-hydrogen) atoms. The number of benzene rings is 2. The molecule has 5 nitrogen and oxygen atoms in total. The van der Waals surface area contributed by atoms with Gasteiger partial charge in [0.25, 0.3) is 0 Å². The Labute approximate surface area is 214 Å². The lowest BCUT2D eigenvalue weighted by Crippen LogP contribution is -2.40. The molecule has 194 valence electrons. The molecule has 7 heteroatoms. The number of sulfonamides is 1. The second-order valence-corrected chi connectivity index (χ2v) is 17.9. The maximum absolute atomic E-state index is 13.3. The zero-order chi connectivity index (χ0) is 26.4. The van der Waals surface area contributed by atoms with Crippen LogP contribution < -0.4 is 5.32 Å². The molecule has 0 radical (unpaired) electrons. The van der Waals surface area contributed by atoms with Crippen molar-refractivity contribution in [3.63, 3.8) is 0 Å². The Kier molecular flexibility index (Phi) is 9.93. The number of allylic oxidation sites excluding steroid dienone is 1. The van der Waals surface area contributed by atoms with E-state index in [-0.39, 0.29) is 5.04 Å². The fourth-order valence-corrected chi connectivity index (χ4v) is 5.72. The van der Waals surface area contributed by atoms with Crippen LogP contribution >= 0.6 is 0 Å². The van der Waals surface area contributed by atoms with Gasteiger partial charge in [0.2, 0.25) is 10.0 Å². The van der Waals surface area contributed by atoms with E-state index in [1.165, 1.54) is 15.5 Å². The number of nitrogens with zero attached hydrogens (tertiary/aromatic N) is 1. The highest BCUT2D eigenvalue weighted by molar-refractivity contribution is 7.89. The third-order valence-electron chi connectivity index (χ3n) is 6.81. The molecule has 0 unspecified atom stereocenters. The van der Waals surface area contributed by atoms with Crippen LogP contribution in [0.2, 0.25) is 18.1 Å². The van der Waals surface area contributed by atoms with Crippen molar-refractivity contribution in [2.75, 3.05) is 32.1 Å². The van der Waals surface area contributed by atoms with Crippen LogP contribution in [-0.2, 0) is 14.4 Å². The van der Waals surface area contributed by atoms with Gasteiger partial charge in [-0.3, -0.25) is 0 Å². The third-order valence-corrected chi connectivity index (χ3v) is 13.2. The van der Waals surface area contributed by atoms with E-state index in [4.69, 9.17) is 4.43 Å². The van der Waals surface area contributed by atoms with Crippen molar-refractivity contribution >= 4 is 34.8 Å². The largest absolute Gasteiger partial charge is 0.413 e. The van der Waals surface area contributed by atoms with Gasteiger partial charge < -0.3 is 9.74 Å². The molecule has 0 amide bonds. The van der Waals surface area contributed by atoms with Crippen LogP contribution in [0, 0.1) is 0 Å². The van der Waals surface area contributed by atoms with Crippen molar-refractivity contribution in [2.45, 2.75) is 71.0 Å². The van der Waals surface area contributed by atoms with Crippen LogP contribution in [-0.4, -0.2) is 47.8 Å². The molecule has 1 N–H and O–H groups in total. The Balaban J connectivity index is 2.19. The van der Waals surface area contributed by atoms with Gasteiger partial charge in [-0.1, -0.05) is 68.3 Å². The zero-order valence-electron chi connectivity index (χ0n) is 23.0. The number of rotatable bonds is 11. The number of hydrogen-bond donors (Lipinski definition) is 1. The van der Waals surface area contributed by atoms with Crippen LogP contribution in [0.3, 0.4) is 0 Å². The standard InChI is InChI=1S/C28H44N2O3SSi/c1-22(2)13-12-19-30(7)34(31,32)27-17-11-14-24-25(27)15-10-16-26(24)29-21-23(3)18-20-33-35(8,9)28(4,5)6/h10-11,13-18,29H,12,19-21H2,1-9H3/b23-18+. The lowest BCUT2D eigenvalue weighted by molar-refractivity contribution is 0.327. The van der Waals surface area contributed by atoms with Gasteiger partial charge in [-0.05, 0) is 57.5 Å². The fraction of sp³-hybridized carbons (Fsp3) is 0.500. The summed E-state index contributed by atoms with van der Waals surface area (Å²) in [5, 5.41) is 5.31. The molecule has 0 aromatic heterocycles. The summed E-state index contributed by atoms with van der Waals surface area (Å²) < 4.78 is 34.4. The van der Waals surface area contributed by atoms with Crippen LogP contribution in [0.5, 0.6) is 0 Å². The maximum atomic E-state index is 13.3. The lowest BCUT2D eigenvalue weighted by Gasteiger charge is -2.35. The first kappa shape index (κ1) is 29.3. The van der Waals surface area contributed by atoms with E-state index in [1.54, 1.807) is 13.1 Å². The number of hydrogen-bond acceptors (Lipinski definition) is 4. The van der Waals surface area contributed by atoms with Crippen LogP contribution in [0.25, 0.3) is 10.8 Å². The molecule has 0 saturated heterocycles. The highest BCUT2D eigenvalue weighted by Crippen LogP contribution is 2.36. The molecule has 0 aliphatic carbocycles. The van der Waals surface area contributed by atoms with E-state index in [0.29, 0.717) is 31.0 Å². The van der Waals surface area contributed by atoms with E-state index < -0.39 is 18.3 Å². The van der Waals surface area contributed by atoms with Crippen molar-refractivity contribution in [1.29, 1.82) is 0 Å². The minimum Gasteiger partial charge on any atom is -0.413 e. The molecular formula is C28H44N2O3SSi. The van der Waals surface area contributed by atoms with Gasteiger partial charge in [0, 0.05) is 36.6 Å². The summed E-state index contributed by atoms with van der Waals surface area (Å²) in [6.45, 7) is 19.1. The molecule has 0 fully saturated rings. The van der Waals surface area contributed by atoms with E-state index in [2.05, 4.69) is 58.3 Å². The Morgan fingerprint density at radius 3 is 2.29 bits per heavy atom. The highest BCUT2D eigenvalue weighted by Gasteiger charge is 2.36. The average Bonchev–Trinajstić information content (AvgIpc) is 2.75. The first-order valence-electron chi connectivity index (χ1n) is 12.3. The van der Waals surface area contributed by atoms with Crippen molar-refractivity contribution in [1.82, 2.24) is 4.31 Å². The van der Waals surface area contributed by atoms with Gasteiger partial charge in [-0.2, -0.15) is 0 Å². The van der Waals surface area contributed by atoms with Gasteiger partial charge >= 0.3 is 0 Å². The predicted octanol–water partition coefficient (Wildman–Crippen LogP) is 7.20. The summed E-state index contributed by atoms with van der Waals surface area (Å²) in [5.74, 6) is 0. The maximum Gasteiger partial charge on any atom is 0.243 e. The van der Waals surface area contributed by atoms with E-state index in [9.17, 15) is 8.42 Å². The Morgan fingerprint density at radius 2 is 1.66 bits per heavy atom. The number of anilines is 1. The molecule has 0 heterocycles. The SMILES string of the molecule is CC(C)=CCCN(C)S(=O)(=O)c1cccc2c(NC/C(C)=C/CO[Si](C)(C)C(C)(C)C)cccc12. The van der Waals surface area contributed by atoms with Gasteiger partial charge in [0.1, 0.15) is 0 Å². The molecule has 2 aromatic carbocycles. The van der Waals surface area contributed by atoms with Crippen molar-refractivity contribution in [3.8, 4) is 0 Å². The second kappa shape index (κ2) is 11.9. The molecule has 0 aliphatic rings. The van der Waals surface area contributed by atoms with Crippen LogP contribution in [0.15, 0.2) is 64.6 Å². The minimum atomic E-state index is -3.60. The fourth-order valence-electron chi connectivity index (χ4n) is 3.40. The first-order chi connectivity index (χ1) is 16.2. The molecule has 2 rings (SSSR count). The Bertz CT molecular complexity index is 1170. The molecule has 0 aliphatic heterocycles. The van der Waals surface area contributed by atoms with Crippen molar-refractivity contribution < 1.29 is 12.8 Å². The normalized spacial score (nSPS) is 13.4. The quantitative estimate of drug-likeness (QED) is 0.253. The topological polar surface area (TPSA) is 58.6 Å². The molecule has 2 aromatic rings. The summed E-state index contributed by atoms with van der Waals surface area (Å²) in [6.07, 6.45) is 4.89. The summed E-state index contributed by atoms with van der Waals surface area (Å²) in [4.78, 5) is 0.341.